The van der Waals surface area contributed by atoms with Crippen LogP contribution in [0.1, 0.15) is 32.1 Å². The van der Waals surface area contributed by atoms with Crippen molar-refractivity contribution in [3.8, 4) is 0 Å². The molecule has 21 heavy (non-hydrogen) atoms. The number of anilines is 2. The number of nitrogens with zero attached hydrogens (tertiary/aromatic N) is 2. The first kappa shape index (κ1) is 14.0. The molecule has 0 unspecified atom stereocenters. The molecule has 1 aliphatic heterocycles. The molecule has 0 radical (unpaired) electrons. The molecule has 2 fully saturated rings. The molecule has 114 valence electrons. The second kappa shape index (κ2) is 5.84. The van der Waals surface area contributed by atoms with Gasteiger partial charge in [-0.05, 0) is 55.4 Å². The maximum absolute atomic E-state index is 8.68. The van der Waals surface area contributed by atoms with Crippen molar-refractivity contribution < 1.29 is 5.21 Å². The highest BCUT2D eigenvalue weighted by molar-refractivity contribution is 5.80. The van der Waals surface area contributed by atoms with E-state index in [1.165, 1.54) is 31.6 Å². The first-order chi connectivity index (χ1) is 10.2. The van der Waals surface area contributed by atoms with Crippen molar-refractivity contribution >= 4 is 17.2 Å². The lowest BCUT2D eigenvalue weighted by Gasteiger charge is -2.19. The van der Waals surface area contributed by atoms with Gasteiger partial charge < -0.3 is 21.2 Å². The number of hydrogen-bond acceptors (Lipinski definition) is 4. The highest BCUT2D eigenvalue weighted by Crippen LogP contribution is 2.48. The van der Waals surface area contributed by atoms with Crippen LogP contribution in [0.4, 0.5) is 11.4 Å². The Morgan fingerprint density at radius 2 is 1.90 bits per heavy atom. The summed E-state index contributed by atoms with van der Waals surface area (Å²) in [6, 6.07) is 8.67. The lowest BCUT2D eigenvalue weighted by Crippen LogP contribution is -2.23. The van der Waals surface area contributed by atoms with E-state index in [1.54, 1.807) is 0 Å². The van der Waals surface area contributed by atoms with Crippen molar-refractivity contribution in [2.24, 2.45) is 16.3 Å². The van der Waals surface area contributed by atoms with Crippen LogP contribution in [0.15, 0.2) is 29.4 Å². The summed E-state index contributed by atoms with van der Waals surface area (Å²) in [5, 5.41) is 15.3. The molecule has 1 aliphatic carbocycles. The second-order valence-corrected chi connectivity index (χ2v) is 6.36. The minimum absolute atomic E-state index is 0.184. The highest BCUT2D eigenvalue weighted by Gasteiger charge is 2.43. The smallest absolute Gasteiger partial charge is 0.139 e. The van der Waals surface area contributed by atoms with Crippen LogP contribution in [0, 0.1) is 5.41 Å². The fourth-order valence-electron chi connectivity index (χ4n) is 3.07. The van der Waals surface area contributed by atoms with Crippen LogP contribution in [-0.4, -0.2) is 30.7 Å². The van der Waals surface area contributed by atoms with Crippen molar-refractivity contribution in [2.75, 3.05) is 29.9 Å². The topological polar surface area (TPSA) is 73.9 Å². The van der Waals surface area contributed by atoms with Gasteiger partial charge in [0.25, 0.3) is 0 Å². The van der Waals surface area contributed by atoms with E-state index in [2.05, 4.69) is 39.6 Å². The van der Waals surface area contributed by atoms with Crippen molar-refractivity contribution in [2.45, 2.75) is 32.1 Å². The molecular formula is C16H24N4O. The zero-order valence-corrected chi connectivity index (χ0v) is 12.4. The third-order valence-corrected chi connectivity index (χ3v) is 4.65. The molecule has 0 spiro atoms. The maximum Gasteiger partial charge on any atom is 0.139 e. The van der Waals surface area contributed by atoms with Gasteiger partial charge in [0.1, 0.15) is 5.84 Å². The molecule has 5 heteroatoms. The molecule has 2 aliphatic rings. The Balaban J connectivity index is 1.53. The summed E-state index contributed by atoms with van der Waals surface area (Å²) in [6.07, 6.45) is 5.55. The van der Waals surface area contributed by atoms with Crippen molar-refractivity contribution in [1.29, 1.82) is 0 Å². The van der Waals surface area contributed by atoms with Gasteiger partial charge in [-0.15, -0.1) is 0 Å². The van der Waals surface area contributed by atoms with Gasteiger partial charge in [-0.25, -0.2) is 0 Å². The second-order valence-electron chi connectivity index (χ2n) is 6.36. The van der Waals surface area contributed by atoms with E-state index in [1.807, 2.05) is 0 Å². The molecule has 0 bridgehead atoms. The first-order valence-corrected chi connectivity index (χ1v) is 7.76. The van der Waals surface area contributed by atoms with Crippen LogP contribution in [0.5, 0.6) is 0 Å². The van der Waals surface area contributed by atoms with Crippen LogP contribution in [0.25, 0.3) is 0 Å². The quantitative estimate of drug-likeness (QED) is 0.325. The van der Waals surface area contributed by atoms with Gasteiger partial charge in [0.05, 0.1) is 0 Å². The van der Waals surface area contributed by atoms with E-state index in [4.69, 9.17) is 10.9 Å². The Labute approximate surface area is 125 Å². The minimum atomic E-state index is 0.184. The van der Waals surface area contributed by atoms with Crippen molar-refractivity contribution in [3.05, 3.63) is 24.3 Å². The van der Waals surface area contributed by atoms with Gasteiger partial charge in [-0.2, -0.15) is 0 Å². The molecule has 0 atom stereocenters. The van der Waals surface area contributed by atoms with E-state index >= 15 is 0 Å². The molecule has 4 N–H and O–H groups in total. The monoisotopic (exact) mass is 288 g/mol. The molecule has 3 rings (SSSR count). The zero-order chi connectivity index (χ0) is 14.7. The minimum Gasteiger partial charge on any atom is -0.409 e. The largest absolute Gasteiger partial charge is 0.409 e. The van der Waals surface area contributed by atoms with Gasteiger partial charge in [0.2, 0.25) is 0 Å². The summed E-state index contributed by atoms with van der Waals surface area (Å²) in [6.45, 7) is 3.23. The van der Waals surface area contributed by atoms with Gasteiger partial charge in [0.15, 0.2) is 0 Å². The fraction of sp³-hybridized carbons (Fsp3) is 0.562. The average molecular weight is 288 g/mol. The number of oxime groups is 1. The van der Waals surface area contributed by atoms with Crippen molar-refractivity contribution in [1.82, 2.24) is 0 Å². The lowest BCUT2D eigenvalue weighted by atomic mass is 10.0. The zero-order valence-electron chi connectivity index (χ0n) is 12.4. The molecular weight excluding hydrogens is 264 g/mol. The first-order valence-electron chi connectivity index (χ1n) is 7.76. The molecule has 5 nitrogen and oxygen atoms in total. The predicted octanol–water partition coefficient (Wildman–Crippen LogP) is 2.62. The number of amidine groups is 1. The van der Waals surface area contributed by atoms with Crippen LogP contribution in [-0.2, 0) is 0 Å². The number of nitrogens with one attached hydrogen (secondary N) is 1. The van der Waals surface area contributed by atoms with Gasteiger partial charge >= 0.3 is 0 Å². The Hall–Kier alpha value is -1.91. The number of nitrogens with two attached hydrogens (primary N) is 1. The third kappa shape index (κ3) is 3.40. The maximum atomic E-state index is 8.68. The Kier molecular flexibility index (Phi) is 3.90. The molecule has 1 saturated carbocycles. The van der Waals surface area contributed by atoms with E-state index in [9.17, 15) is 0 Å². The summed E-state index contributed by atoms with van der Waals surface area (Å²) in [7, 11) is 0. The molecule has 1 aromatic carbocycles. The van der Waals surface area contributed by atoms with Crippen molar-refractivity contribution in [3.63, 3.8) is 0 Å². The Morgan fingerprint density at radius 3 is 2.48 bits per heavy atom. The summed E-state index contributed by atoms with van der Waals surface area (Å²) < 4.78 is 0. The standard InChI is InChI=1S/C16H24N4O/c17-15(19-21)11-16(7-8-16)12-18-13-3-5-14(6-4-13)20-9-1-2-10-20/h3-6,18,21H,1-2,7-12H2,(H2,17,19). The summed E-state index contributed by atoms with van der Waals surface area (Å²) in [4.78, 5) is 2.44. The van der Waals surface area contributed by atoms with E-state index in [0.29, 0.717) is 12.3 Å². The van der Waals surface area contributed by atoms with Crippen LogP contribution < -0.4 is 16.0 Å². The van der Waals surface area contributed by atoms with E-state index in [0.717, 1.165) is 25.1 Å². The lowest BCUT2D eigenvalue weighted by molar-refractivity contribution is 0.315. The summed E-state index contributed by atoms with van der Waals surface area (Å²) in [5.41, 5.74) is 8.27. The normalized spacial score (nSPS) is 20.6. The summed E-state index contributed by atoms with van der Waals surface area (Å²) in [5.74, 6) is 0.332. The number of benzene rings is 1. The number of rotatable bonds is 6. The Morgan fingerprint density at radius 1 is 1.24 bits per heavy atom. The highest BCUT2D eigenvalue weighted by atomic mass is 16.4. The molecule has 1 heterocycles. The van der Waals surface area contributed by atoms with E-state index < -0.39 is 0 Å². The molecule has 1 aromatic rings. The van der Waals surface area contributed by atoms with Gasteiger partial charge in [-0.1, -0.05) is 5.16 Å². The average Bonchev–Trinajstić information content (AvgIpc) is 3.05. The molecule has 0 aromatic heterocycles. The van der Waals surface area contributed by atoms with Crippen LogP contribution in [0.2, 0.25) is 0 Å². The molecule has 0 amide bonds. The molecule has 1 saturated heterocycles. The van der Waals surface area contributed by atoms with Crippen LogP contribution >= 0.6 is 0 Å². The third-order valence-electron chi connectivity index (χ3n) is 4.65. The van der Waals surface area contributed by atoms with Gasteiger partial charge in [0, 0.05) is 37.4 Å². The predicted molar refractivity (Wildman–Crippen MR) is 86.1 cm³/mol. The fourth-order valence-corrected chi connectivity index (χ4v) is 3.07. The SMILES string of the molecule is NC(CC1(CNc2ccc(N3CCCC3)cc2)CC1)=NO. The van der Waals surface area contributed by atoms with E-state index in [-0.39, 0.29) is 5.41 Å². The number of hydrogen-bond donors (Lipinski definition) is 3. The van der Waals surface area contributed by atoms with Gasteiger partial charge in [-0.3, -0.25) is 0 Å². The van der Waals surface area contributed by atoms with Crippen LogP contribution in [0.3, 0.4) is 0 Å². The Bertz CT molecular complexity index is 502. The summed E-state index contributed by atoms with van der Waals surface area (Å²) >= 11 is 0.